The summed E-state index contributed by atoms with van der Waals surface area (Å²) in [5.74, 6) is 1.74. The van der Waals surface area contributed by atoms with Crippen molar-refractivity contribution in [2.45, 2.75) is 26.2 Å². The number of rotatable bonds is 2. The van der Waals surface area contributed by atoms with Gasteiger partial charge in [0.2, 0.25) is 5.88 Å². The third kappa shape index (κ3) is 3.93. The van der Waals surface area contributed by atoms with Crippen LogP contribution in [0.2, 0.25) is 5.15 Å². The Morgan fingerprint density at radius 2 is 1.80 bits per heavy atom. The lowest BCUT2D eigenvalue weighted by Crippen LogP contribution is -2.16. The molecular weight excluding hydrogens is 407 g/mol. The molecule has 0 atom stereocenters. The van der Waals surface area contributed by atoms with E-state index in [2.05, 4.69) is 41.8 Å². The van der Waals surface area contributed by atoms with Crippen LogP contribution in [0.3, 0.4) is 0 Å². The zero-order valence-electron chi connectivity index (χ0n) is 11.2. The molecule has 20 heavy (non-hydrogen) atoms. The van der Waals surface area contributed by atoms with Gasteiger partial charge in [0.15, 0.2) is 0 Å². The Morgan fingerprint density at radius 3 is 2.40 bits per heavy atom. The average Bonchev–Trinajstić information content (AvgIpc) is 2.31. The second-order valence-electron chi connectivity index (χ2n) is 5.28. The third-order valence-corrected chi connectivity index (χ3v) is 3.76. The maximum Gasteiger partial charge on any atom is 0.224 e. The van der Waals surface area contributed by atoms with Crippen LogP contribution in [0.15, 0.2) is 33.2 Å². The molecule has 106 valence electrons. The highest BCUT2D eigenvalue weighted by atomic mass is 79.9. The summed E-state index contributed by atoms with van der Waals surface area (Å²) in [6, 6.07) is 7.25. The normalized spacial score (nSPS) is 11.5. The van der Waals surface area contributed by atoms with Crippen molar-refractivity contribution < 1.29 is 4.74 Å². The van der Waals surface area contributed by atoms with Crippen LogP contribution in [0.1, 0.15) is 26.6 Å². The molecule has 0 radical (unpaired) electrons. The summed E-state index contributed by atoms with van der Waals surface area (Å²) in [5, 5.41) is 0.369. The van der Waals surface area contributed by atoms with E-state index in [-0.39, 0.29) is 5.41 Å². The second-order valence-corrected chi connectivity index (χ2v) is 7.44. The molecular formula is C14H13Br2ClN2O. The minimum Gasteiger partial charge on any atom is -0.438 e. The molecule has 0 aliphatic carbocycles. The van der Waals surface area contributed by atoms with Gasteiger partial charge in [0, 0.05) is 16.0 Å². The molecule has 0 spiro atoms. The zero-order valence-corrected chi connectivity index (χ0v) is 15.2. The standard InChI is InChI=1S/C14H13Br2ClN2O/c1-14(2,3)13-18-11(17)7-12(19-13)20-10-5-4-8(15)6-9(10)16/h4-7H,1-3H3. The van der Waals surface area contributed by atoms with Crippen LogP contribution in [0.4, 0.5) is 0 Å². The molecule has 1 aromatic carbocycles. The zero-order chi connectivity index (χ0) is 14.9. The van der Waals surface area contributed by atoms with Crippen molar-refractivity contribution in [1.29, 1.82) is 0 Å². The van der Waals surface area contributed by atoms with Crippen molar-refractivity contribution in [2.24, 2.45) is 0 Å². The summed E-state index contributed by atoms with van der Waals surface area (Å²) in [6.07, 6.45) is 0. The fourth-order valence-corrected chi connectivity index (χ4v) is 2.76. The van der Waals surface area contributed by atoms with Gasteiger partial charge in [0.25, 0.3) is 0 Å². The Bertz CT molecular complexity index is 642. The number of ether oxygens (including phenoxy) is 1. The molecule has 0 amide bonds. The molecule has 0 N–H and O–H groups in total. The molecule has 0 saturated carbocycles. The maximum atomic E-state index is 6.04. The van der Waals surface area contributed by atoms with Crippen LogP contribution >= 0.6 is 43.5 Å². The maximum absolute atomic E-state index is 6.04. The van der Waals surface area contributed by atoms with Gasteiger partial charge in [0.05, 0.1) is 4.47 Å². The van der Waals surface area contributed by atoms with Crippen molar-refractivity contribution in [3.8, 4) is 11.6 Å². The Hall–Kier alpha value is -0.650. The van der Waals surface area contributed by atoms with E-state index < -0.39 is 0 Å². The molecule has 0 saturated heterocycles. The first-order valence-electron chi connectivity index (χ1n) is 5.94. The van der Waals surface area contributed by atoms with Crippen molar-refractivity contribution in [2.75, 3.05) is 0 Å². The predicted molar refractivity (Wildman–Crippen MR) is 87.7 cm³/mol. The molecule has 1 heterocycles. The number of benzene rings is 1. The Balaban J connectivity index is 2.36. The van der Waals surface area contributed by atoms with Gasteiger partial charge in [-0.05, 0) is 34.1 Å². The first-order valence-corrected chi connectivity index (χ1v) is 7.90. The third-order valence-electron chi connectivity index (χ3n) is 2.45. The monoisotopic (exact) mass is 418 g/mol. The lowest BCUT2D eigenvalue weighted by molar-refractivity contribution is 0.443. The summed E-state index contributed by atoms with van der Waals surface area (Å²) in [6.45, 7) is 6.08. The van der Waals surface area contributed by atoms with Gasteiger partial charge in [-0.25, -0.2) is 4.98 Å². The van der Waals surface area contributed by atoms with E-state index in [1.807, 2.05) is 39.0 Å². The van der Waals surface area contributed by atoms with Crippen molar-refractivity contribution in [3.05, 3.63) is 44.2 Å². The first-order chi connectivity index (χ1) is 9.25. The Morgan fingerprint density at radius 1 is 1.10 bits per heavy atom. The highest BCUT2D eigenvalue weighted by molar-refractivity contribution is 9.11. The van der Waals surface area contributed by atoms with E-state index >= 15 is 0 Å². The van der Waals surface area contributed by atoms with E-state index in [0.717, 1.165) is 8.95 Å². The topological polar surface area (TPSA) is 35.0 Å². The molecule has 1 aromatic heterocycles. The van der Waals surface area contributed by atoms with Crippen LogP contribution in [-0.4, -0.2) is 9.97 Å². The van der Waals surface area contributed by atoms with Gasteiger partial charge < -0.3 is 4.74 Å². The average molecular weight is 421 g/mol. The summed E-state index contributed by atoms with van der Waals surface area (Å²) < 4.78 is 7.58. The van der Waals surface area contributed by atoms with Gasteiger partial charge in [-0.3, -0.25) is 0 Å². The van der Waals surface area contributed by atoms with Crippen LogP contribution in [0, 0.1) is 0 Å². The van der Waals surface area contributed by atoms with Crippen molar-refractivity contribution >= 4 is 43.5 Å². The molecule has 3 nitrogen and oxygen atoms in total. The van der Waals surface area contributed by atoms with Gasteiger partial charge in [-0.2, -0.15) is 4.98 Å². The van der Waals surface area contributed by atoms with E-state index in [4.69, 9.17) is 16.3 Å². The quantitative estimate of drug-likeness (QED) is 0.581. The molecule has 2 aromatic rings. The number of hydrogen-bond donors (Lipinski definition) is 0. The lowest BCUT2D eigenvalue weighted by Gasteiger charge is -2.17. The van der Waals surface area contributed by atoms with Gasteiger partial charge in [0.1, 0.15) is 16.7 Å². The summed E-state index contributed by atoms with van der Waals surface area (Å²) in [7, 11) is 0. The van der Waals surface area contributed by atoms with E-state index in [1.165, 1.54) is 0 Å². The molecule has 0 aliphatic rings. The molecule has 0 fully saturated rings. The molecule has 0 bridgehead atoms. The smallest absolute Gasteiger partial charge is 0.224 e. The number of halogens is 3. The Kier molecular flexibility index (Phi) is 4.72. The minimum atomic E-state index is -0.194. The van der Waals surface area contributed by atoms with E-state index in [9.17, 15) is 0 Å². The molecule has 6 heteroatoms. The SMILES string of the molecule is CC(C)(C)c1nc(Cl)cc(Oc2ccc(Br)cc2Br)n1. The number of hydrogen-bond acceptors (Lipinski definition) is 3. The van der Waals surface area contributed by atoms with E-state index in [0.29, 0.717) is 22.6 Å². The van der Waals surface area contributed by atoms with Gasteiger partial charge in [-0.1, -0.05) is 48.3 Å². The molecule has 0 unspecified atom stereocenters. The lowest BCUT2D eigenvalue weighted by atomic mass is 9.96. The van der Waals surface area contributed by atoms with Crippen LogP contribution < -0.4 is 4.74 Å². The Labute approximate surface area is 140 Å². The fraction of sp³-hybridized carbons (Fsp3) is 0.286. The van der Waals surface area contributed by atoms with Crippen LogP contribution in [-0.2, 0) is 5.41 Å². The van der Waals surface area contributed by atoms with Crippen LogP contribution in [0.25, 0.3) is 0 Å². The highest BCUT2D eigenvalue weighted by Crippen LogP contribution is 2.32. The summed E-state index contributed by atoms with van der Waals surface area (Å²) >= 11 is 12.9. The van der Waals surface area contributed by atoms with E-state index in [1.54, 1.807) is 6.07 Å². The highest BCUT2D eigenvalue weighted by Gasteiger charge is 2.19. The molecule has 2 rings (SSSR count). The number of aromatic nitrogens is 2. The number of nitrogens with zero attached hydrogens (tertiary/aromatic N) is 2. The fourth-order valence-electron chi connectivity index (χ4n) is 1.46. The van der Waals surface area contributed by atoms with Crippen LogP contribution in [0.5, 0.6) is 11.6 Å². The van der Waals surface area contributed by atoms with Crippen molar-refractivity contribution in [1.82, 2.24) is 9.97 Å². The van der Waals surface area contributed by atoms with Gasteiger partial charge in [-0.15, -0.1) is 0 Å². The summed E-state index contributed by atoms with van der Waals surface area (Å²) in [4.78, 5) is 8.65. The largest absolute Gasteiger partial charge is 0.438 e. The van der Waals surface area contributed by atoms with Crippen molar-refractivity contribution in [3.63, 3.8) is 0 Å². The second kappa shape index (κ2) is 6.00. The summed E-state index contributed by atoms with van der Waals surface area (Å²) in [5.41, 5.74) is -0.194. The first kappa shape index (κ1) is 15.7. The molecule has 0 aliphatic heterocycles. The minimum absolute atomic E-state index is 0.194. The van der Waals surface area contributed by atoms with Gasteiger partial charge >= 0.3 is 0 Å². The predicted octanol–water partition coefficient (Wildman–Crippen LogP) is 5.74.